The number of ether oxygens (including phenoxy) is 1. The van der Waals surface area contributed by atoms with Crippen molar-refractivity contribution in [3.05, 3.63) is 16.1 Å². The molecular formula is C17H27N3O2S. The summed E-state index contributed by atoms with van der Waals surface area (Å²) in [6.07, 6.45) is 3.40. The Hall–Kier alpha value is -0.980. The fraction of sp³-hybridized carbons (Fsp3) is 0.765. The number of piperidine rings is 1. The maximum atomic E-state index is 11.6. The van der Waals surface area contributed by atoms with Crippen molar-refractivity contribution < 1.29 is 9.53 Å². The number of aryl methyl sites for hydroxylation is 1. The Labute approximate surface area is 142 Å². The second kappa shape index (κ2) is 6.87. The molecule has 0 aromatic carbocycles. The average molecular weight is 337 g/mol. The molecular weight excluding hydrogens is 310 g/mol. The Balaban J connectivity index is 1.67. The summed E-state index contributed by atoms with van der Waals surface area (Å²) < 4.78 is 5.47. The number of aromatic nitrogens is 1. The maximum Gasteiger partial charge on any atom is 0.219 e. The van der Waals surface area contributed by atoms with Crippen molar-refractivity contribution in [3.8, 4) is 0 Å². The predicted octanol–water partition coefficient (Wildman–Crippen LogP) is 2.30. The second-order valence-electron chi connectivity index (χ2n) is 7.08. The molecule has 1 aromatic rings. The zero-order valence-corrected chi connectivity index (χ0v) is 15.2. The number of amides is 1. The van der Waals surface area contributed by atoms with Crippen molar-refractivity contribution in [2.24, 2.45) is 5.41 Å². The zero-order valence-electron chi connectivity index (χ0n) is 14.4. The summed E-state index contributed by atoms with van der Waals surface area (Å²) in [5.41, 5.74) is 1.52. The van der Waals surface area contributed by atoms with E-state index in [1.54, 1.807) is 25.4 Å². The monoisotopic (exact) mass is 337 g/mol. The molecule has 0 aliphatic carbocycles. The first-order valence-electron chi connectivity index (χ1n) is 8.41. The smallest absolute Gasteiger partial charge is 0.219 e. The molecule has 0 saturated carbocycles. The van der Waals surface area contributed by atoms with E-state index in [1.807, 2.05) is 4.90 Å². The molecule has 0 unspecified atom stereocenters. The zero-order chi connectivity index (χ0) is 16.4. The molecule has 2 aliphatic rings. The van der Waals surface area contributed by atoms with Crippen LogP contribution < -0.4 is 0 Å². The van der Waals surface area contributed by atoms with E-state index in [0.29, 0.717) is 11.5 Å². The van der Waals surface area contributed by atoms with E-state index in [1.165, 1.54) is 12.1 Å². The van der Waals surface area contributed by atoms with Crippen LogP contribution in [-0.4, -0.2) is 60.1 Å². The Bertz CT molecular complexity index is 552. The number of rotatable bonds is 4. The normalized spacial score (nSPS) is 24.5. The van der Waals surface area contributed by atoms with Gasteiger partial charge in [-0.1, -0.05) is 0 Å². The molecule has 1 aromatic heterocycles. The van der Waals surface area contributed by atoms with Crippen molar-refractivity contribution in [1.82, 2.24) is 14.8 Å². The van der Waals surface area contributed by atoms with Crippen molar-refractivity contribution in [3.63, 3.8) is 0 Å². The van der Waals surface area contributed by atoms with Crippen LogP contribution in [-0.2, 0) is 16.1 Å². The lowest BCUT2D eigenvalue weighted by Crippen LogP contribution is -2.43. The van der Waals surface area contributed by atoms with Crippen LogP contribution in [0.4, 0.5) is 0 Å². The summed E-state index contributed by atoms with van der Waals surface area (Å²) in [6, 6.07) is 0.464. The average Bonchev–Trinajstić information content (AvgIpc) is 3.05. The van der Waals surface area contributed by atoms with Crippen LogP contribution in [0.25, 0.3) is 0 Å². The lowest BCUT2D eigenvalue weighted by Gasteiger charge is -2.39. The molecule has 1 atom stereocenters. The summed E-state index contributed by atoms with van der Waals surface area (Å²) in [5, 5.41) is 3.30. The van der Waals surface area contributed by atoms with Gasteiger partial charge < -0.3 is 9.64 Å². The molecule has 2 saturated heterocycles. The summed E-state index contributed by atoms with van der Waals surface area (Å²) in [6.45, 7) is 8.33. The second-order valence-corrected chi connectivity index (χ2v) is 8.14. The van der Waals surface area contributed by atoms with Gasteiger partial charge in [-0.3, -0.25) is 9.69 Å². The minimum atomic E-state index is 0.209. The van der Waals surface area contributed by atoms with Crippen molar-refractivity contribution in [2.75, 3.05) is 33.4 Å². The summed E-state index contributed by atoms with van der Waals surface area (Å²) in [5.74, 6) is 0.209. The highest BCUT2D eigenvalue weighted by Crippen LogP contribution is 2.44. The maximum absolute atomic E-state index is 11.6. The van der Waals surface area contributed by atoms with Crippen LogP contribution in [0.15, 0.2) is 5.38 Å². The number of hydrogen-bond acceptors (Lipinski definition) is 5. The molecule has 6 heteroatoms. The Morgan fingerprint density at radius 1 is 1.48 bits per heavy atom. The van der Waals surface area contributed by atoms with Gasteiger partial charge in [0.15, 0.2) is 0 Å². The molecule has 0 radical (unpaired) electrons. The standard InChI is InChI=1S/C17H27N3O2S/c1-13-18-15(11-23-13)9-20-12-17(8-16(20)10-22-3)4-6-19(7-5-17)14(2)21/h11,16H,4-10,12H2,1-3H3/t16-/m1/s1. The van der Waals surface area contributed by atoms with Crippen LogP contribution >= 0.6 is 11.3 Å². The highest BCUT2D eigenvalue weighted by atomic mass is 32.1. The minimum absolute atomic E-state index is 0.209. The van der Waals surface area contributed by atoms with E-state index in [2.05, 4.69) is 22.2 Å². The molecule has 0 N–H and O–H groups in total. The molecule has 0 bridgehead atoms. The van der Waals surface area contributed by atoms with Gasteiger partial charge >= 0.3 is 0 Å². The number of hydrogen-bond donors (Lipinski definition) is 0. The van der Waals surface area contributed by atoms with Gasteiger partial charge in [-0.25, -0.2) is 4.98 Å². The quantitative estimate of drug-likeness (QED) is 0.846. The Morgan fingerprint density at radius 3 is 2.78 bits per heavy atom. The van der Waals surface area contributed by atoms with Gasteiger partial charge in [0.25, 0.3) is 0 Å². The fourth-order valence-electron chi connectivity index (χ4n) is 4.14. The van der Waals surface area contributed by atoms with Gasteiger partial charge in [-0.2, -0.15) is 0 Å². The predicted molar refractivity (Wildman–Crippen MR) is 91.5 cm³/mol. The topological polar surface area (TPSA) is 45.7 Å². The first kappa shape index (κ1) is 16.9. The number of carbonyl (C=O) groups excluding carboxylic acids is 1. The fourth-order valence-corrected chi connectivity index (χ4v) is 4.75. The lowest BCUT2D eigenvalue weighted by molar-refractivity contribution is -0.131. The Kier molecular flexibility index (Phi) is 5.04. The number of likely N-dealkylation sites (tertiary alicyclic amines) is 2. The van der Waals surface area contributed by atoms with E-state index in [-0.39, 0.29) is 5.91 Å². The van der Waals surface area contributed by atoms with Crippen molar-refractivity contribution in [1.29, 1.82) is 0 Å². The van der Waals surface area contributed by atoms with Crippen LogP contribution in [0.3, 0.4) is 0 Å². The minimum Gasteiger partial charge on any atom is -0.383 e. The molecule has 128 valence electrons. The lowest BCUT2D eigenvalue weighted by atomic mass is 9.76. The third-order valence-corrected chi connectivity index (χ3v) is 6.21. The van der Waals surface area contributed by atoms with Crippen molar-refractivity contribution >= 4 is 17.2 Å². The molecule has 2 aliphatic heterocycles. The van der Waals surface area contributed by atoms with E-state index >= 15 is 0 Å². The van der Waals surface area contributed by atoms with Crippen LogP contribution in [0, 0.1) is 12.3 Å². The number of methoxy groups -OCH3 is 1. The number of nitrogens with zero attached hydrogens (tertiary/aromatic N) is 3. The van der Waals surface area contributed by atoms with Gasteiger partial charge in [0.05, 0.1) is 17.3 Å². The molecule has 3 heterocycles. The Morgan fingerprint density at radius 2 is 2.22 bits per heavy atom. The largest absolute Gasteiger partial charge is 0.383 e. The number of carbonyl (C=O) groups is 1. The van der Waals surface area contributed by atoms with E-state index in [0.717, 1.165) is 50.6 Å². The van der Waals surface area contributed by atoms with Gasteiger partial charge in [0.2, 0.25) is 5.91 Å². The molecule has 2 fully saturated rings. The van der Waals surface area contributed by atoms with E-state index < -0.39 is 0 Å². The molecule has 23 heavy (non-hydrogen) atoms. The SMILES string of the molecule is COC[C@H]1CC2(CCN(C(C)=O)CC2)CN1Cc1csc(C)n1. The molecule has 3 rings (SSSR count). The third kappa shape index (κ3) is 3.75. The summed E-state index contributed by atoms with van der Waals surface area (Å²) in [4.78, 5) is 20.7. The van der Waals surface area contributed by atoms with Gasteiger partial charge in [0.1, 0.15) is 0 Å². The molecule has 5 nitrogen and oxygen atoms in total. The van der Waals surface area contributed by atoms with E-state index in [9.17, 15) is 4.79 Å². The third-order valence-electron chi connectivity index (χ3n) is 5.38. The van der Waals surface area contributed by atoms with Gasteiger partial charge in [-0.05, 0) is 31.6 Å². The molecule has 1 amide bonds. The van der Waals surface area contributed by atoms with Crippen LogP contribution in [0.5, 0.6) is 0 Å². The van der Waals surface area contributed by atoms with Crippen molar-refractivity contribution in [2.45, 2.75) is 45.7 Å². The molecule has 1 spiro atoms. The van der Waals surface area contributed by atoms with Crippen LogP contribution in [0.2, 0.25) is 0 Å². The summed E-state index contributed by atoms with van der Waals surface area (Å²) >= 11 is 1.72. The van der Waals surface area contributed by atoms with Gasteiger partial charge in [0, 0.05) is 51.6 Å². The highest BCUT2D eigenvalue weighted by Gasteiger charge is 2.45. The first-order valence-corrected chi connectivity index (χ1v) is 9.29. The summed E-state index contributed by atoms with van der Waals surface area (Å²) in [7, 11) is 1.79. The van der Waals surface area contributed by atoms with Crippen LogP contribution in [0.1, 0.15) is 36.9 Å². The number of thiazole rings is 1. The van der Waals surface area contributed by atoms with Gasteiger partial charge in [-0.15, -0.1) is 11.3 Å². The first-order chi connectivity index (χ1) is 11.0. The van der Waals surface area contributed by atoms with E-state index in [4.69, 9.17) is 4.74 Å². The highest BCUT2D eigenvalue weighted by molar-refractivity contribution is 7.09.